The Labute approximate surface area is 142 Å². The third-order valence-corrected chi connectivity index (χ3v) is 4.26. The maximum Gasteiger partial charge on any atom is 0.430 e. The van der Waals surface area contributed by atoms with Crippen molar-refractivity contribution in [2.75, 3.05) is 11.5 Å². The molecule has 0 aliphatic heterocycles. The molecule has 0 saturated carbocycles. The smallest absolute Gasteiger partial charge is 0.399 e. The van der Waals surface area contributed by atoms with Gasteiger partial charge in [0.1, 0.15) is 0 Å². The van der Waals surface area contributed by atoms with Gasteiger partial charge < -0.3 is 16.6 Å². The first kappa shape index (κ1) is 18.1. The van der Waals surface area contributed by atoms with Crippen LogP contribution in [0.25, 0.3) is 21.5 Å². The van der Waals surface area contributed by atoms with Crippen LogP contribution in [0.4, 0.5) is 37.7 Å². The molecule has 3 aromatic carbocycles. The summed E-state index contributed by atoms with van der Waals surface area (Å²) in [6.45, 7) is 0. The van der Waals surface area contributed by atoms with Gasteiger partial charge in [-0.3, -0.25) is 0 Å². The summed E-state index contributed by atoms with van der Waals surface area (Å²) in [5, 5.41) is 10.3. The van der Waals surface area contributed by atoms with Crippen LogP contribution in [0.5, 0.6) is 0 Å². The summed E-state index contributed by atoms with van der Waals surface area (Å²) in [6.07, 6.45) is -12.0. The summed E-state index contributed by atoms with van der Waals surface area (Å²) in [7, 11) is 0. The van der Waals surface area contributed by atoms with Crippen molar-refractivity contribution in [1.29, 1.82) is 0 Å². The molecule has 0 bridgehead atoms. The van der Waals surface area contributed by atoms with Gasteiger partial charge in [-0.1, -0.05) is 24.3 Å². The number of halogens is 6. The van der Waals surface area contributed by atoms with Gasteiger partial charge in [0.15, 0.2) is 0 Å². The van der Waals surface area contributed by atoms with E-state index in [1.165, 1.54) is 30.3 Å². The van der Waals surface area contributed by atoms with Crippen LogP contribution in [-0.4, -0.2) is 17.5 Å². The predicted octanol–water partition coefficient (Wildman–Crippen LogP) is 4.47. The van der Waals surface area contributed by atoms with Crippen LogP contribution in [0.15, 0.2) is 42.5 Å². The van der Waals surface area contributed by atoms with Crippen molar-refractivity contribution in [2.45, 2.75) is 18.0 Å². The minimum absolute atomic E-state index is 0.0821. The topological polar surface area (TPSA) is 72.3 Å². The largest absolute Gasteiger partial charge is 0.430 e. The quantitative estimate of drug-likeness (QED) is 0.334. The Balaban J connectivity index is 2.50. The Bertz CT molecular complexity index is 996. The van der Waals surface area contributed by atoms with Crippen molar-refractivity contribution in [3.8, 4) is 0 Å². The summed E-state index contributed by atoms with van der Waals surface area (Å²) in [4.78, 5) is 0. The fourth-order valence-corrected chi connectivity index (χ4v) is 3.03. The molecule has 9 heteroatoms. The molecule has 0 saturated heterocycles. The Morgan fingerprint density at radius 3 is 1.81 bits per heavy atom. The molecule has 0 aliphatic rings. The lowest BCUT2D eigenvalue weighted by Gasteiger charge is -2.34. The zero-order chi connectivity index (χ0) is 19.5. The second kappa shape index (κ2) is 5.41. The van der Waals surface area contributed by atoms with Gasteiger partial charge in [-0.15, -0.1) is 0 Å². The molecular weight excluding hydrogens is 362 g/mol. The van der Waals surface area contributed by atoms with E-state index in [-0.39, 0.29) is 5.39 Å². The van der Waals surface area contributed by atoms with Crippen molar-refractivity contribution in [2.24, 2.45) is 0 Å². The van der Waals surface area contributed by atoms with E-state index in [9.17, 15) is 31.4 Å². The molecule has 0 radical (unpaired) electrons. The molecule has 0 heterocycles. The van der Waals surface area contributed by atoms with Gasteiger partial charge in [0.25, 0.3) is 5.60 Å². The first-order chi connectivity index (χ1) is 11.9. The number of benzene rings is 3. The molecule has 3 nitrogen and oxygen atoms in total. The van der Waals surface area contributed by atoms with Gasteiger partial charge in [-0.05, 0) is 39.7 Å². The van der Waals surface area contributed by atoms with E-state index in [0.29, 0.717) is 16.5 Å². The van der Waals surface area contributed by atoms with E-state index < -0.39 is 34.6 Å². The Morgan fingerprint density at radius 2 is 1.23 bits per heavy atom. The molecular formula is C17H12F6N2O. The van der Waals surface area contributed by atoms with E-state index >= 15 is 0 Å². The standard InChI is InChI=1S/C17H12F6N2O/c18-16(19,20)15(26,17(21,22)23)14-12-3-1-8-7-9(24)2-4-10(8)11(12)5-6-13(14)25/h1-7,26H,24-25H2. The summed E-state index contributed by atoms with van der Waals surface area (Å²) in [5.74, 6) is 0. The van der Waals surface area contributed by atoms with E-state index in [1.807, 2.05) is 0 Å². The van der Waals surface area contributed by atoms with Gasteiger partial charge in [0, 0.05) is 16.9 Å². The number of hydrogen-bond donors (Lipinski definition) is 3. The van der Waals surface area contributed by atoms with Crippen molar-refractivity contribution in [3.63, 3.8) is 0 Å². The lowest BCUT2D eigenvalue weighted by atomic mass is 9.85. The highest BCUT2D eigenvalue weighted by atomic mass is 19.4. The fourth-order valence-electron chi connectivity index (χ4n) is 3.03. The molecule has 0 atom stereocenters. The Kier molecular flexibility index (Phi) is 3.77. The van der Waals surface area contributed by atoms with Crippen molar-refractivity contribution in [1.82, 2.24) is 0 Å². The number of aliphatic hydroxyl groups is 1. The minimum atomic E-state index is -6.02. The molecule has 138 valence electrons. The molecule has 0 unspecified atom stereocenters. The second-order valence-corrected chi connectivity index (χ2v) is 5.88. The number of rotatable bonds is 1. The van der Waals surface area contributed by atoms with E-state index in [1.54, 1.807) is 0 Å². The third-order valence-electron chi connectivity index (χ3n) is 4.26. The van der Waals surface area contributed by atoms with E-state index in [0.717, 1.165) is 12.1 Å². The highest BCUT2D eigenvalue weighted by Gasteiger charge is 2.72. The zero-order valence-corrected chi connectivity index (χ0v) is 12.9. The average molecular weight is 374 g/mol. The number of hydrogen-bond acceptors (Lipinski definition) is 3. The zero-order valence-electron chi connectivity index (χ0n) is 12.9. The van der Waals surface area contributed by atoms with Gasteiger partial charge in [-0.2, -0.15) is 26.3 Å². The van der Waals surface area contributed by atoms with Gasteiger partial charge in [0.05, 0.1) is 0 Å². The molecule has 0 aromatic heterocycles. The molecule has 0 fully saturated rings. The normalized spacial score (nSPS) is 13.5. The van der Waals surface area contributed by atoms with Crippen molar-refractivity contribution >= 4 is 32.9 Å². The summed E-state index contributed by atoms with van der Waals surface area (Å²) < 4.78 is 79.9. The highest BCUT2D eigenvalue weighted by Crippen LogP contribution is 2.53. The second-order valence-electron chi connectivity index (χ2n) is 5.88. The van der Waals surface area contributed by atoms with Crippen LogP contribution in [0, 0.1) is 0 Å². The lowest BCUT2D eigenvalue weighted by Crippen LogP contribution is -2.54. The summed E-state index contributed by atoms with van der Waals surface area (Å²) in [5.41, 5.74) is 4.13. The first-order valence-corrected chi connectivity index (χ1v) is 7.24. The lowest BCUT2D eigenvalue weighted by molar-refractivity contribution is -0.375. The van der Waals surface area contributed by atoms with E-state index in [2.05, 4.69) is 0 Å². The van der Waals surface area contributed by atoms with Crippen LogP contribution in [0.1, 0.15) is 5.56 Å². The third kappa shape index (κ3) is 2.42. The number of nitrogens with two attached hydrogens (primary N) is 2. The molecule has 26 heavy (non-hydrogen) atoms. The molecule has 0 aliphatic carbocycles. The Morgan fingerprint density at radius 1 is 0.692 bits per heavy atom. The summed E-state index contributed by atoms with van der Waals surface area (Å²) in [6, 6.07) is 9.08. The van der Waals surface area contributed by atoms with Crippen LogP contribution in [0.3, 0.4) is 0 Å². The number of anilines is 2. The average Bonchev–Trinajstić information content (AvgIpc) is 2.51. The van der Waals surface area contributed by atoms with Crippen molar-refractivity contribution < 1.29 is 31.4 Å². The maximum absolute atomic E-state index is 13.3. The number of nitrogen functional groups attached to an aromatic ring is 2. The predicted molar refractivity (Wildman–Crippen MR) is 86.3 cm³/mol. The first-order valence-electron chi connectivity index (χ1n) is 7.24. The monoisotopic (exact) mass is 374 g/mol. The Hall–Kier alpha value is -2.68. The molecule has 3 rings (SSSR count). The molecule has 3 aromatic rings. The maximum atomic E-state index is 13.3. The van der Waals surface area contributed by atoms with Crippen LogP contribution < -0.4 is 11.5 Å². The fraction of sp³-hybridized carbons (Fsp3) is 0.176. The molecule has 0 amide bonds. The van der Waals surface area contributed by atoms with Gasteiger partial charge >= 0.3 is 12.4 Å². The van der Waals surface area contributed by atoms with E-state index in [4.69, 9.17) is 11.5 Å². The number of alkyl halides is 6. The molecule has 0 spiro atoms. The van der Waals surface area contributed by atoms with Crippen LogP contribution in [0.2, 0.25) is 0 Å². The minimum Gasteiger partial charge on any atom is -0.399 e. The van der Waals surface area contributed by atoms with Gasteiger partial charge in [0.2, 0.25) is 0 Å². The van der Waals surface area contributed by atoms with Crippen LogP contribution >= 0.6 is 0 Å². The molecule has 5 N–H and O–H groups in total. The van der Waals surface area contributed by atoms with Gasteiger partial charge in [-0.25, -0.2) is 0 Å². The van der Waals surface area contributed by atoms with Crippen molar-refractivity contribution in [3.05, 3.63) is 48.0 Å². The highest BCUT2D eigenvalue weighted by molar-refractivity contribution is 6.10. The van der Waals surface area contributed by atoms with Crippen LogP contribution in [-0.2, 0) is 5.60 Å². The number of fused-ring (bicyclic) bond motifs is 3. The summed E-state index contributed by atoms with van der Waals surface area (Å²) >= 11 is 0. The SMILES string of the molecule is Nc1ccc2c(ccc3c(C(O)(C(F)(F)F)C(F)(F)F)c(N)ccc32)c1.